The van der Waals surface area contributed by atoms with Crippen LogP contribution in [-0.2, 0) is 0 Å². The summed E-state index contributed by atoms with van der Waals surface area (Å²) in [5.41, 5.74) is 0.724. The van der Waals surface area contributed by atoms with Crippen LogP contribution in [0.5, 0.6) is 0 Å². The summed E-state index contributed by atoms with van der Waals surface area (Å²) in [6, 6.07) is 9.89. The number of piperazine rings is 1. The molecule has 1 heterocycles. The van der Waals surface area contributed by atoms with E-state index in [0.717, 1.165) is 29.2 Å². The lowest BCUT2D eigenvalue weighted by molar-refractivity contribution is 0.0664. The van der Waals surface area contributed by atoms with Crippen LogP contribution >= 0.6 is 0 Å². The molecule has 132 valence electrons. The molecule has 3 amide bonds. The van der Waals surface area contributed by atoms with E-state index in [2.05, 4.69) is 5.32 Å². The van der Waals surface area contributed by atoms with Crippen molar-refractivity contribution in [3.8, 4) is 0 Å². The van der Waals surface area contributed by atoms with E-state index in [1.165, 1.54) is 19.3 Å². The first-order valence-corrected chi connectivity index (χ1v) is 9.62. The number of hydrogen-bond donors (Lipinski definition) is 1. The monoisotopic (exact) mass is 339 g/mol. The maximum atomic E-state index is 12.6. The van der Waals surface area contributed by atoms with Crippen LogP contribution in [0.1, 0.15) is 29.6 Å². The molecule has 4 atom stereocenters. The van der Waals surface area contributed by atoms with E-state index in [0.29, 0.717) is 32.2 Å². The molecule has 5 nitrogen and oxygen atoms in total. The summed E-state index contributed by atoms with van der Waals surface area (Å²) in [5.74, 6) is 3.35. The molecule has 4 aliphatic rings. The zero-order valence-corrected chi connectivity index (χ0v) is 14.4. The van der Waals surface area contributed by atoms with Crippen molar-refractivity contribution in [3.05, 3.63) is 35.9 Å². The van der Waals surface area contributed by atoms with Gasteiger partial charge in [0.1, 0.15) is 0 Å². The van der Waals surface area contributed by atoms with Crippen LogP contribution in [0.15, 0.2) is 30.3 Å². The Labute approximate surface area is 148 Å². The summed E-state index contributed by atoms with van der Waals surface area (Å²) in [5, 5.41) is 3.29. The van der Waals surface area contributed by atoms with Crippen LogP contribution in [0.3, 0.4) is 0 Å². The molecular formula is C20H25N3O2. The molecule has 0 spiro atoms. The van der Waals surface area contributed by atoms with Gasteiger partial charge in [0.2, 0.25) is 0 Å². The average molecular weight is 339 g/mol. The van der Waals surface area contributed by atoms with E-state index in [4.69, 9.17) is 0 Å². The molecule has 1 aliphatic heterocycles. The van der Waals surface area contributed by atoms with Gasteiger partial charge >= 0.3 is 6.03 Å². The van der Waals surface area contributed by atoms with Crippen LogP contribution in [0.25, 0.3) is 0 Å². The summed E-state index contributed by atoms with van der Waals surface area (Å²) < 4.78 is 0. The molecule has 1 aromatic carbocycles. The van der Waals surface area contributed by atoms with E-state index in [9.17, 15) is 9.59 Å². The second kappa shape index (κ2) is 5.75. The Bertz CT molecular complexity index is 667. The van der Waals surface area contributed by atoms with Crippen molar-refractivity contribution in [2.45, 2.75) is 25.3 Å². The molecule has 0 aromatic heterocycles. The minimum Gasteiger partial charge on any atom is -0.335 e. The van der Waals surface area contributed by atoms with Crippen LogP contribution in [0, 0.1) is 23.7 Å². The molecule has 5 rings (SSSR count). The van der Waals surface area contributed by atoms with Crippen molar-refractivity contribution in [2.24, 2.45) is 23.7 Å². The zero-order chi connectivity index (χ0) is 17.0. The number of benzene rings is 1. The number of rotatable bonds is 2. The Balaban J connectivity index is 1.13. The molecule has 0 radical (unpaired) electrons. The Morgan fingerprint density at radius 2 is 1.48 bits per heavy atom. The minimum absolute atomic E-state index is 0.0639. The van der Waals surface area contributed by atoms with Gasteiger partial charge in [-0.3, -0.25) is 4.79 Å². The summed E-state index contributed by atoms with van der Waals surface area (Å²) in [4.78, 5) is 28.8. The van der Waals surface area contributed by atoms with Crippen molar-refractivity contribution >= 4 is 11.9 Å². The smallest absolute Gasteiger partial charge is 0.317 e. The molecular weight excluding hydrogens is 314 g/mol. The van der Waals surface area contributed by atoms with Crippen LogP contribution in [-0.4, -0.2) is 54.0 Å². The largest absolute Gasteiger partial charge is 0.335 e. The molecule has 3 aliphatic carbocycles. The molecule has 4 fully saturated rings. The van der Waals surface area contributed by atoms with Gasteiger partial charge in [0.15, 0.2) is 0 Å². The lowest BCUT2D eigenvalue weighted by Crippen LogP contribution is -2.53. The lowest BCUT2D eigenvalue weighted by Gasteiger charge is -2.35. The fourth-order valence-corrected chi connectivity index (χ4v) is 5.63. The quantitative estimate of drug-likeness (QED) is 0.898. The Morgan fingerprint density at radius 1 is 0.880 bits per heavy atom. The topological polar surface area (TPSA) is 52.7 Å². The second-order valence-corrected chi connectivity index (χ2v) is 8.11. The Kier molecular flexibility index (Phi) is 3.50. The number of nitrogens with zero attached hydrogens (tertiary/aromatic N) is 2. The van der Waals surface area contributed by atoms with Gasteiger partial charge in [0.25, 0.3) is 5.91 Å². The highest BCUT2D eigenvalue weighted by atomic mass is 16.2. The number of carbonyl (C=O) groups is 2. The van der Waals surface area contributed by atoms with E-state index < -0.39 is 0 Å². The molecule has 3 saturated carbocycles. The van der Waals surface area contributed by atoms with Crippen molar-refractivity contribution in [2.75, 3.05) is 26.2 Å². The van der Waals surface area contributed by atoms with E-state index >= 15 is 0 Å². The second-order valence-electron chi connectivity index (χ2n) is 8.11. The number of carbonyl (C=O) groups excluding carboxylic acids is 2. The first-order chi connectivity index (χ1) is 12.2. The fraction of sp³-hybridized carbons (Fsp3) is 0.600. The maximum Gasteiger partial charge on any atom is 0.317 e. The predicted octanol–water partition coefficient (Wildman–Crippen LogP) is 2.20. The molecule has 25 heavy (non-hydrogen) atoms. The SMILES string of the molecule is O=C(NC1C2C3CCC(C3)C12)N1CCN(C(=O)c2ccccc2)CC1. The standard InChI is InChI=1S/C20H25N3O2/c24-19(13-4-2-1-3-5-13)22-8-10-23(11-9-22)20(25)21-18-16-14-6-7-15(12-14)17(16)18/h1-5,14-18H,6-12H2,(H,21,25). The summed E-state index contributed by atoms with van der Waals surface area (Å²) >= 11 is 0. The summed E-state index contributed by atoms with van der Waals surface area (Å²) in [7, 11) is 0. The van der Waals surface area contributed by atoms with Crippen molar-refractivity contribution in [1.82, 2.24) is 15.1 Å². The third kappa shape index (κ3) is 2.52. The van der Waals surface area contributed by atoms with Gasteiger partial charge in [-0.1, -0.05) is 18.2 Å². The first kappa shape index (κ1) is 15.2. The van der Waals surface area contributed by atoms with Crippen LogP contribution < -0.4 is 5.32 Å². The zero-order valence-electron chi connectivity index (χ0n) is 14.4. The van der Waals surface area contributed by atoms with Crippen molar-refractivity contribution in [1.29, 1.82) is 0 Å². The highest BCUT2D eigenvalue weighted by Crippen LogP contribution is 2.65. The van der Waals surface area contributed by atoms with Gasteiger partial charge < -0.3 is 15.1 Å². The van der Waals surface area contributed by atoms with Gasteiger partial charge in [-0.15, -0.1) is 0 Å². The van der Waals surface area contributed by atoms with Gasteiger partial charge in [-0.05, 0) is 55.1 Å². The number of urea groups is 1. The third-order valence-corrected chi connectivity index (χ3v) is 6.90. The van der Waals surface area contributed by atoms with Crippen LogP contribution in [0.4, 0.5) is 4.79 Å². The van der Waals surface area contributed by atoms with Crippen molar-refractivity contribution in [3.63, 3.8) is 0 Å². The average Bonchev–Trinajstić information content (AvgIpc) is 3.03. The fourth-order valence-electron chi connectivity index (χ4n) is 5.63. The molecule has 1 N–H and O–H groups in total. The summed E-state index contributed by atoms with van der Waals surface area (Å²) in [6.45, 7) is 2.48. The molecule has 4 unspecified atom stereocenters. The van der Waals surface area contributed by atoms with Crippen LogP contribution in [0.2, 0.25) is 0 Å². The van der Waals surface area contributed by atoms with E-state index in [1.807, 2.05) is 40.1 Å². The molecule has 1 saturated heterocycles. The number of nitrogens with one attached hydrogen (secondary N) is 1. The van der Waals surface area contributed by atoms with Crippen molar-refractivity contribution < 1.29 is 9.59 Å². The maximum absolute atomic E-state index is 12.6. The van der Waals surface area contributed by atoms with Gasteiger partial charge in [-0.2, -0.15) is 0 Å². The molecule has 1 aromatic rings. The number of hydrogen-bond acceptors (Lipinski definition) is 2. The van der Waals surface area contributed by atoms with Gasteiger partial charge in [0.05, 0.1) is 0 Å². The predicted molar refractivity (Wildman–Crippen MR) is 94.0 cm³/mol. The summed E-state index contributed by atoms with van der Waals surface area (Å²) in [6.07, 6.45) is 4.15. The molecule has 2 bridgehead atoms. The molecule has 5 heteroatoms. The lowest BCUT2D eigenvalue weighted by atomic mass is 10.0. The first-order valence-electron chi connectivity index (χ1n) is 9.62. The number of fused-ring (bicyclic) bond motifs is 5. The highest BCUT2D eigenvalue weighted by Gasteiger charge is 2.65. The normalized spacial score (nSPS) is 35.4. The number of amides is 3. The van der Waals surface area contributed by atoms with Gasteiger partial charge in [0, 0.05) is 37.8 Å². The highest BCUT2D eigenvalue weighted by molar-refractivity contribution is 5.94. The Hall–Kier alpha value is -2.04. The Morgan fingerprint density at radius 3 is 2.12 bits per heavy atom. The van der Waals surface area contributed by atoms with Gasteiger partial charge in [-0.25, -0.2) is 4.79 Å². The minimum atomic E-state index is 0.0639. The third-order valence-electron chi connectivity index (χ3n) is 6.90. The van der Waals surface area contributed by atoms with E-state index in [1.54, 1.807) is 0 Å². The van der Waals surface area contributed by atoms with E-state index in [-0.39, 0.29) is 11.9 Å².